The summed E-state index contributed by atoms with van der Waals surface area (Å²) >= 11 is 0. The Kier molecular flexibility index (Phi) is 7.95. The lowest BCUT2D eigenvalue weighted by Gasteiger charge is -2.32. The van der Waals surface area contributed by atoms with Gasteiger partial charge in [-0.3, -0.25) is 4.79 Å². The highest BCUT2D eigenvalue weighted by molar-refractivity contribution is 5.70. The number of aliphatic hydroxyl groups excluding tert-OH is 1. The SMILES string of the molecule is C=CC(C)[C@H](OCc1ccc(OC)cc1)[C@@H](C)[C@H](O)[C@@H](C)C(=O)O. The van der Waals surface area contributed by atoms with Gasteiger partial charge in [0.2, 0.25) is 0 Å². The molecule has 0 spiro atoms. The Hall–Kier alpha value is -1.85. The molecule has 0 bridgehead atoms. The summed E-state index contributed by atoms with van der Waals surface area (Å²) in [6.45, 7) is 9.41. The summed E-state index contributed by atoms with van der Waals surface area (Å²) in [6.07, 6.45) is 0.431. The summed E-state index contributed by atoms with van der Waals surface area (Å²) in [5.41, 5.74) is 0.977. The highest BCUT2D eigenvalue weighted by Crippen LogP contribution is 2.26. The van der Waals surface area contributed by atoms with Crippen LogP contribution in [0.2, 0.25) is 0 Å². The Morgan fingerprint density at radius 2 is 1.83 bits per heavy atom. The molecular formula is C19H28O5. The lowest BCUT2D eigenvalue weighted by Crippen LogP contribution is -2.41. The molecule has 0 saturated heterocycles. The lowest BCUT2D eigenvalue weighted by molar-refractivity contribution is -0.148. The summed E-state index contributed by atoms with van der Waals surface area (Å²) in [5.74, 6) is -1.47. The zero-order valence-electron chi connectivity index (χ0n) is 14.8. The number of carboxylic acid groups (broad SMARTS) is 1. The summed E-state index contributed by atoms with van der Waals surface area (Å²) in [7, 11) is 1.61. The molecule has 5 atom stereocenters. The van der Waals surface area contributed by atoms with Crippen LogP contribution in [-0.2, 0) is 16.1 Å². The maximum Gasteiger partial charge on any atom is 0.308 e. The van der Waals surface area contributed by atoms with Crippen LogP contribution in [0.4, 0.5) is 0 Å². The number of hydrogen-bond acceptors (Lipinski definition) is 4. The fourth-order valence-corrected chi connectivity index (χ4v) is 2.63. The predicted molar refractivity (Wildman–Crippen MR) is 92.9 cm³/mol. The Balaban J connectivity index is 2.80. The van der Waals surface area contributed by atoms with Gasteiger partial charge in [-0.25, -0.2) is 0 Å². The van der Waals surface area contributed by atoms with Gasteiger partial charge in [-0.1, -0.05) is 32.1 Å². The van der Waals surface area contributed by atoms with Crippen LogP contribution < -0.4 is 4.74 Å². The van der Waals surface area contributed by atoms with Gasteiger partial charge in [0.1, 0.15) is 5.75 Å². The van der Waals surface area contributed by atoms with Gasteiger partial charge in [-0.2, -0.15) is 0 Å². The van der Waals surface area contributed by atoms with Crippen molar-refractivity contribution in [2.24, 2.45) is 17.8 Å². The lowest BCUT2D eigenvalue weighted by atomic mass is 9.84. The number of ether oxygens (including phenoxy) is 2. The largest absolute Gasteiger partial charge is 0.497 e. The second kappa shape index (κ2) is 9.45. The van der Waals surface area contributed by atoms with Gasteiger partial charge in [0.15, 0.2) is 0 Å². The Labute approximate surface area is 143 Å². The smallest absolute Gasteiger partial charge is 0.308 e. The number of methoxy groups -OCH3 is 1. The molecule has 134 valence electrons. The Bertz CT molecular complexity index is 525. The first kappa shape index (κ1) is 20.2. The first-order chi connectivity index (χ1) is 11.3. The second-order valence-corrected chi connectivity index (χ2v) is 6.20. The van der Waals surface area contributed by atoms with E-state index in [1.54, 1.807) is 13.2 Å². The molecule has 0 radical (unpaired) electrons. The summed E-state index contributed by atoms with van der Waals surface area (Å²) in [4.78, 5) is 11.1. The van der Waals surface area contributed by atoms with E-state index in [-0.39, 0.29) is 17.9 Å². The van der Waals surface area contributed by atoms with Gasteiger partial charge in [0.05, 0.1) is 31.8 Å². The van der Waals surface area contributed by atoms with Gasteiger partial charge in [-0.15, -0.1) is 6.58 Å². The molecule has 0 saturated carbocycles. The van der Waals surface area contributed by atoms with Crippen LogP contribution in [0.5, 0.6) is 5.75 Å². The van der Waals surface area contributed by atoms with Crippen LogP contribution >= 0.6 is 0 Å². The van der Waals surface area contributed by atoms with Gasteiger partial charge < -0.3 is 19.7 Å². The van der Waals surface area contributed by atoms with Crippen molar-refractivity contribution in [3.05, 3.63) is 42.5 Å². The molecule has 0 aliphatic heterocycles. The third-order valence-electron chi connectivity index (χ3n) is 4.45. The van der Waals surface area contributed by atoms with Gasteiger partial charge in [0, 0.05) is 11.8 Å². The summed E-state index contributed by atoms with van der Waals surface area (Å²) in [6, 6.07) is 7.54. The van der Waals surface area contributed by atoms with E-state index in [2.05, 4.69) is 6.58 Å². The number of aliphatic hydroxyl groups is 1. The molecule has 0 amide bonds. The van der Waals surface area contributed by atoms with Gasteiger partial charge in [-0.05, 0) is 24.6 Å². The third-order valence-corrected chi connectivity index (χ3v) is 4.45. The van der Waals surface area contributed by atoms with Crippen molar-refractivity contribution < 1.29 is 24.5 Å². The van der Waals surface area contributed by atoms with Gasteiger partial charge >= 0.3 is 5.97 Å². The van der Waals surface area contributed by atoms with Crippen molar-refractivity contribution in [2.45, 2.75) is 39.6 Å². The van der Waals surface area contributed by atoms with E-state index >= 15 is 0 Å². The number of aliphatic carboxylic acids is 1. The van der Waals surface area contributed by atoms with E-state index in [1.807, 2.05) is 38.1 Å². The average molecular weight is 336 g/mol. The molecule has 24 heavy (non-hydrogen) atoms. The second-order valence-electron chi connectivity index (χ2n) is 6.20. The maximum atomic E-state index is 11.1. The van der Waals surface area contributed by atoms with Crippen molar-refractivity contribution in [3.63, 3.8) is 0 Å². The fourth-order valence-electron chi connectivity index (χ4n) is 2.63. The van der Waals surface area contributed by atoms with E-state index in [1.165, 1.54) is 6.92 Å². The van der Waals surface area contributed by atoms with E-state index in [4.69, 9.17) is 14.6 Å². The van der Waals surface area contributed by atoms with Gasteiger partial charge in [0.25, 0.3) is 0 Å². The van der Waals surface area contributed by atoms with Crippen LogP contribution in [0.15, 0.2) is 36.9 Å². The van der Waals surface area contributed by atoms with E-state index in [0.717, 1.165) is 11.3 Å². The van der Waals surface area contributed by atoms with Crippen LogP contribution in [0, 0.1) is 17.8 Å². The number of benzene rings is 1. The number of hydrogen-bond donors (Lipinski definition) is 2. The monoisotopic (exact) mass is 336 g/mol. The normalized spacial score (nSPS) is 17.4. The highest BCUT2D eigenvalue weighted by Gasteiger charge is 2.34. The van der Waals surface area contributed by atoms with E-state index < -0.39 is 18.0 Å². The first-order valence-electron chi connectivity index (χ1n) is 8.09. The van der Waals surface area contributed by atoms with E-state index in [0.29, 0.717) is 6.61 Å². The molecule has 1 unspecified atom stereocenters. The number of carbonyl (C=O) groups is 1. The molecule has 5 heteroatoms. The molecule has 0 aliphatic carbocycles. The minimum Gasteiger partial charge on any atom is -0.497 e. The molecule has 5 nitrogen and oxygen atoms in total. The standard InChI is InChI=1S/C19H28O5/c1-6-12(2)18(13(3)17(20)14(4)19(21)22)24-11-15-7-9-16(23-5)10-8-15/h6-10,12-14,17-18,20H,1,11H2,2-5H3,(H,21,22)/t12?,13-,14+,17-,18-/m0/s1. The minimum atomic E-state index is -1.02. The molecule has 0 aliphatic rings. The Morgan fingerprint density at radius 1 is 1.25 bits per heavy atom. The van der Waals surface area contributed by atoms with Crippen LogP contribution in [0.3, 0.4) is 0 Å². The number of rotatable bonds is 10. The van der Waals surface area contributed by atoms with Crippen LogP contribution in [0.25, 0.3) is 0 Å². The zero-order valence-corrected chi connectivity index (χ0v) is 14.8. The molecule has 0 aromatic heterocycles. The molecule has 1 rings (SSSR count). The number of carboxylic acids is 1. The van der Waals surface area contributed by atoms with Crippen LogP contribution in [-0.4, -0.2) is 35.5 Å². The molecule has 0 heterocycles. The molecule has 1 aromatic rings. The van der Waals surface area contributed by atoms with E-state index in [9.17, 15) is 9.90 Å². The van der Waals surface area contributed by atoms with Crippen molar-refractivity contribution in [1.82, 2.24) is 0 Å². The zero-order chi connectivity index (χ0) is 18.3. The molecule has 2 N–H and O–H groups in total. The topological polar surface area (TPSA) is 76.0 Å². The minimum absolute atomic E-state index is 0.0195. The quantitative estimate of drug-likeness (QED) is 0.642. The first-order valence-corrected chi connectivity index (χ1v) is 8.09. The average Bonchev–Trinajstić information content (AvgIpc) is 2.60. The fraction of sp³-hybridized carbons (Fsp3) is 0.526. The molecule has 0 fully saturated rings. The third kappa shape index (κ3) is 5.35. The van der Waals surface area contributed by atoms with Crippen molar-refractivity contribution in [3.8, 4) is 5.75 Å². The van der Waals surface area contributed by atoms with Crippen molar-refractivity contribution in [1.29, 1.82) is 0 Å². The Morgan fingerprint density at radius 3 is 2.29 bits per heavy atom. The summed E-state index contributed by atoms with van der Waals surface area (Å²) in [5, 5.41) is 19.4. The predicted octanol–water partition coefficient (Wildman–Crippen LogP) is 3.12. The molecular weight excluding hydrogens is 308 g/mol. The molecule has 1 aromatic carbocycles. The van der Waals surface area contributed by atoms with Crippen molar-refractivity contribution in [2.75, 3.05) is 7.11 Å². The van der Waals surface area contributed by atoms with Crippen LogP contribution in [0.1, 0.15) is 26.3 Å². The highest BCUT2D eigenvalue weighted by atomic mass is 16.5. The maximum absolute atomic E-state index is 11.1. The van der Waals surface area contributed by atoms with Crippen molar-refractivity contribution >= 4 is 5.97 Å². The summed E-state index contributed by atoms with van der Waals surface area (Å²) < 4.78 is 11.1.